The number of hydrogen-bond acceptors (Lipinski definition) is 2. The molecule has 0 amide bonds. The summed E-state index contributed by atoms with van der Waals surface area (Å²) in [5.74, 6) is 0. The maximum absolute atomic E-state index is 5.42. The summed E-state index contributed by atoms with van der Waals surface area (Å²) in [7, 11) is 0. The van der Waals surface area contributed by atoms with Gasteiger partial charge in [-0.3, -0.25) is 0 Å². The molecule has 1 radical (unpaired) electrons. The molecule has 0 fully saturated rings. The molecule has 3 aromatic rings. The van der Waals surface area contributed by atoms with Crippen LogP contribution in [0.1, 0.15) is 11.1 Å². The highest BCUT2D eigenvalue weighted by Crippen LogP contribution is 2.23. The van der Waals surface area contributed by atoms with Gasteiger partial charge in [0.25, 0.3) is 0 Å². The van der Waals surface area contributed by atoms with Gasteiger partial charge in [-0.1, -0.05) is 87.8 Å². The Hall–Kier alpha value is -2.39. The summed E-state index contributed by atoms with van der Waals surface area (Å²) in [6.07, 6.45) is 2.88. The highest BCUT2D eigenvalue weighted by atomic mass is 79.9. The second-order valence-electron chi connectivity index (χ2n) is 5.01. The molecule has 23 heavy (non-hydrogen) atoms. The fourth-order valence-corrected chi connectivity index (χ4v) is 2.52. The van der Waals surface area contributed by atoms with Gasteiger partial charge in [0.15, 0.2) is 0 Å². The van der Waals surface area contributed by atoms with Gasteiger partial charge in [0.05, 0.1) is 0 Å². The fraction of sp³-hybridized carbons (Fsp3) is 0.0500. The van der Waals surface area contributed by atoms with Crippen LogP contribution in [-0.2, 0) is 11.4 Å². The Labute approximate surface area is 144 Å². The monoisotopic (exact) mass is 364 g/mol. The lowest BCUT2D eigenvalue weighted by Gasteiger charge is -2.08. The standard InChI is InChI=1S/C20H15BrNO/c21-19-12-10-16(11-13-19)14-22-23-15-18-8-4-5-9-20(18)17-6-2-1-3-7-17/h1-13H,15H2. The smallest absolute Gasteiger partial charge is 0.142 e. The van der Waals surface area contributed by atoms with Crippen LogP contribution in [0.2, 0.25) is 0 Å². The second-order valence-corrected chi connectivity index (χ2v) is 5.92. The lowest BCUT2D eigenvalue weighted by atomic mass is 10.0. The lowest BCUT2D eigenvalue weighted by molar-refractivity contribution is 0.132. The fourth-order valence-electron chi connectivity index (χ4n) is 2.26. The number of rotatable bonds is 5. The minimum Gasteiger partial charge on any atom is -0.390 e. The van der Waals surface area contributed by atoms with E-state index in [9.17, 15) is 0 Å². The third-order valence-electron chi connectivity index (χ3n) is 3.41. The van der Waals surface area contributed by atoms with Crippen LogP contribution in [0.3, 0.4) is 0 Å². The molecule has 3 aromatic carbocycles. The molecule has 113 valence electrons. The van der Waals surface area contributed by atoms with Gasteiger partial charge in [-0.05, 0) is 28.8 Å². The van der Waals surface area contributed by atoms with E-state index in [1.807, 2.05) is 54.6 Å². The Balaban J connectivity index is 1.68. The van der Waals surface area contributed by atoms with Crippen LogP contribution in [0.15, 0.2) is 88.5 Å². The first-order chi connectivity index (χ1) is 11.3. The normalized spacial score (nSPS) is 10.8. The Morgan fingerprint density at radius 2 is 1.52 bits per heavy atom. The second kappa shape index (κ2) is 7.75. The molecular formula is C20H15BrNO. The van der Waals surface area contributed by atoms with E-state index in [1.54, 1.807) is 0 Å². The van der Waals surface area contributed by atoms with Gasteiger partial charge in [0.1, 0.15) is 12.8 Å². The van der Waals surface area contributed by atoms with Crippen LogP contribution < -0.4 is 0 Å². The molecule has 0 N–H and O–H groups in total. The molecule has 2 nitrogen and oxygen atoms in total. The summed E-state index contributed by atoms with van der Waals surface area (Å²) in [5.41, 5.74) is 4.31. The molecule has 0 aliphatic carbocycles. The van der Waals surface area contributed by atoms with E-state index >= 15 is 0 Å². The summed E-state index contributed by atoms with van der Waals surface area (Å²) in [4.78, 5) is 5.42. The van der Waals surface area contributed by atoms with E-state index in [1.165, 1.54) is 5.56 Å². The number of hydrogen-bond donors (Lipinski definition) is 0. The summed E-state index contributed by atoms with van der Waals surface area (Å²) < 4.78 is 1.03. The minimum absolute atomic E-state index is 0.411. The molecule has 0 heterocycles. The summed E-state index contributed by atoms with van der Waals surface area (Å²) in [6, 6.07) is 26.2. The van der Waals surface area contributed by atoms with Crippen LogP contribution in [0.5, 0.6) is 0 Å². The van der Waals surface area contributed by atoms with Crippen molar-refractivity contribution in [2.75, 3.05) is 0 Å². The molecule has 0 bridgehead atoms. The molecule has 3 heteroatoms. The van der Waals surface area contributed by atoms with Crippen molar-refractivity contribution >= 4 is 22.1 Å². The van der Waals surface area contributed by atoms with Crippen molar-refractivity contribution < 1.29 is 4.84 Å². The quantitative estimate of drug-likeness (QED) is 0.430. The molecule has 0 aliphatic heterocycles. The Bertz CT molecular complexity index is 782. The zero-order chi connectivity index (χ0) is 15.9. The average molecular weight is 365 g/mol. The number of benzene rings is 3. The van der Waals surface area contributed by atoms with Crippen molar-refractivity contribution in [3.63, 3.8) is 0 Å². The Morgan fingerprint density at radius 3 is 2.30 bits per heavy atom. The zero-order valence-electron chi connectivity index (χ0n) is 12.4. The summed E-state index contributed by atoms with van der Waals surface area (Å²) in [5, 5.41) is 3.94. The number of nitrogens with zero attached hydrogens (tertiary/aromatic N) is 1. The zero-order valence-corrected chi connectivity index (χ0v) is 14.0. The molecule has 0 aliphatic rings. The maximum atomic E-state index is 5.42. The molecule has 0 saturated heterocycles. The molecule has 3 rings (SSSR count). The van der Waals surface area contributed by atoms with E-state index in [0.29, 0.717) is 6.61 Å². The van der Waals surface area contributed by atoms with E-state index in [0.717, 1.165) is 21.2 Å². The largest absolute Gasteiger partial charge is 0.390 e. The van der Waals surface area contributed by atoms with Gasteiger partial charge in [0.2, 0.25) is 0 Å². The van der Waals surface area contributed by atoms with Crippen molar-refractivity contribution in [2.45, 2.75) is 6.61 Å². The lowest BCUT2D eigenvalue weighted by Crippen LogP contribution is -1.92. The first-order valence-electron chi connectivity index (χ1n) is 7.30. The van der Waals surface area contributed by atoms with Gasteiger partial charge >= 0.3 is 0 Å². The van der Waals surface area contributed by atoms with Crippen LogP contribution in [0.4, 0.5) is 0 Å². The predicted molar refractivity (Wildman–Crippen MR) is 97.3 cm³/mol. The Morgan fingerprint density at radius 1 is 0.826 bits per heavy atom. The van der Waals surface area contributed by atoms with Crippen LogP contribution >= 0.6 is 15.9 Å². The van der Waals surface area contributed by atoms with E-state index in [4.69, 9.17) is 4.84 Å². The van der Waals surface area contributed by atoms with E-state index in [-0.39, 0.29) is 0 Å². The third-order valence-corrected chi connectivity index (χ3v) is 3.93. The first-order valence-corrected chi connectivity index (χ1v) is 8.09. The maximum Gasteiger partial charge on any atom is 0.142 e. The van der Waals surface area contributed by atoms with Crippen molar-refractivity contribution in [1.29, 1.82) is 0 Å². The third kappa shape index (κ3) is 4.30. The molecule has 0 unspecified atom stereocenters. The molecule has 0 atom stereocenters. The van der Waals surface area contributed by atoms with Crippen molar-refractivity contribution in [2.24, 2.45) is 5.16 Å². The van der Waals surface area contributed by atoms with Gasteiger partial charge in [0, 0.05) is 10.0 Å². The SMILES string of the molecule is Brc1ccc(/[C]=N/OCc2ccccc2-c2ccccc2)cc1. The van der Waals surface area contributed by atoms with Crippen LogP contribution in [0, 0.1) is 0 Å². The van der Waals surface area contributed by atoms with E-state index < -0.39 is 0 Å². The molecule has 0 saturated carbocycles. The Kier molecular flexibility index (Phi) is 5.22. The molecule has 0 aromatic heterocycles. The summed E-state index contributed by atoms with van der Waals surface area (Å²) in [6.45, 7) is 0.411. The van der Waals surface area contributed by atoms with Gasteiger partial charge in [-0.2, -0.15) is 0 Å². The molecule has 0 spiro atoms. The van der Waals surface area contributed by atoms with Crippen molar-refractivity contribution in [3.05, 3.63) is 94.5 Å². The highest BCUT2D eigenvalue weighted by molar-refractivity contribution is 9.10. The highest BCUT2D eigenvalue weighted by Gasteiger charge is 2.04. The predicted octanol–water partition coefficient (Wildman–Crippen LogP) is 5.54. The van der Waals surface area contributed by atoms with Crippen LogP contribution in [-0.4, -0.2) is 6.21 Å². The first kappa shape index (κ1) is 15.5. The number of halogens is 1. The van der Waals surface area contributed by atoms with Gasteiger partial charge < -0.3 is 4.84 Å². The van der Waals surface area contributed by atoms with Gasteiger partial charge in [-0.25, -0.2) is 0 Å². The van der Waals surface area contributed by atoms with Crippen LogP contribution in [0.25, 0.3) is 11.1 Å². The van der Waals surface area contributed by atoms with Crippen molar-refractivity contribution in [1.82, 2.24) is 0 Å². The van der Waals surface area contributed by atoms with Crippen molar-refractivity contribution in [3.8, 4) is 11.1 Å². The summed E-state index contributed by atoms with van der Waals surface area (Å²) >= 11 is 3.40. The van der Waals surface area contributed by atoms with E-state index in [2.05, 4.69) is 51.6 Å². The molecular weight excluding hydrogens is 350 g/mol. The van der Waals surface area contributed by atoms with Gasteiger partial charge in [-0.15, -0.1) is 0 Å². The average Bonchev–Trinajstić information content (AvgIpc) is 2.61. The minimum atomic E-state index is 0.411. The topological polar surface area (TPSA) is 21.6 Å².